The van der Waals surface area contributed by atoms with Crippen molar-refractivity contribution < 1.29 is 38.1 Å². The molecule has 1 N–H and O–H groups in total. The Morgan fingerprint density at radius 2 is 1.55 bits per heavy atom. The predicted octanol–water partition coefficient (Wildman–Crippen LogP) is 4.43. The van der Waals surface area contributed by atoms with Crippen molar-refractivity contribution >= 4 is 17.7 Å². The molecule has 40 heavy (non-hydrogen) atoms. The highest BCUT2D eigenvalue weighted by atomic mass is 16.5. The first-order valence-electron chi connectivity index (χ1n) is 13.2. The summed E-state index contributed by atoms with van der Waals surface area (Å²) in [5, 5.41) is 3.31. The first kappa shape index (κ1) is 28.7. The molecule has 0 bridgehead atoms. The summed E-state index contributed by atoms with van der Waals surface area (Å²) >= 11 is 0. The van der Waals surface area contributed by atoms with Crippen LogP contribution in [-0.4, -0.2) is 52.3 Å². The van der Waals surface area contributed by atoms with Crippen molar-refractivity contribution in [3.63, 3.8) is 0 Å². The van der Waals surface area contributed by atoms with E-state index in [9.17, 15) is 14.4 Å². The molecule has 2 aromatic carbocycles. The maximum Gasteiger partial charge on any atom is 0.336 e. The molecule has 1 aliphatic heterocycles. The second-order valence-corrected chi connectivity index (χ2v) is 9.50. The Hall–Kier alpha value is -4.27. The lowest BCUT2D eigenvalue weighted by molar-refractivity contribution is -0.152. The Labute approximate surface area is 234 Å². The van der Waals surface area contributed by atoms with Crippen molar-refractivity contribution in [2.24, 2.45) is 5.92 Å². The molecular weight excluding hydrogens is 514 g/mol. The largest absolute Gasteiger partial charge is 0.497 e. The van der Waals surface area contributed by atoms with Crippen molar-refractivity contribution in [3.8, 4) is 17.2 Å². The zero-order chi connectivity index (χ0) is 29.0. The summed E-state index contributed by atoms with van der Waals surface area (Å²) in [6.07, 6.45) is 0.347. The highest BCUT2D eigenvalue weighted by Gasteiger charge is 2.49. The van der Waals surface area contributed by atoms with E-state index in [0.717, 1.165) is 5.56 Å². The van der Waals surface area contributed by atoms with Gasteiger partial charge in [-0.15, -0.1) is 0 Å². The van der Waals surface area contributed by atoms with Crippen LogP contribution in [-0.2, 0) is 23.9 Å². The van der Waals surface area contributed by atoms with E-state index in [1.54, 1.807) is 65.3 Å². The Balaban J connectivity index is 1.93. The van der Waals surface area contributed by atoms with Crippen LogP contribution in [0.15, 0.2) is 65.0 Å². The molecule has 9 heteroatoms. The van der Waals surface area contributed by atoms with Crippen LogP contribution < -0.4 is 19.5 Å². The monoisotopic (exact) mass is 549 g/mol. The predicted molar refractivity (Wildman–Crippen MR) is 147 cm³/mol. The Morgan fingerprint density at radius 3 is 2.15 bits per heavy atom. The van der Waals surface area contributed by atoms with E-state index >= 15 is 0 Å². The molecule has 0 fully saturated rings. The molecule has 9 nitrogen and oxygen atoms in total. The third-order valence-corrected chi connectivity index (χ3v) is 7.35. The topological polar surface area (TPSA) is 109 Å². The van der Waals surface area contributed by atoms with E-state index in [1.165, 1.54) is 7.11 Å². The van der Waals surface area contributed by atoms with Crippen LogP contribution in [0.2, 0.25) is 0 Å². The molecule has 4 rings (SSSR count). The molecule has 1 heterocycles. The first-order valence-corrected chi connectivity index (χ1v) is 13.2. The van der Waals surface area contributed by atoms with Crippen LogP contribution in [0.4, 0.5) is 0 Å². The van der Waals surface area contributed by atoms with E-state index in [0.29, 0.717) is 46.2 Å². The van der Waals surface area contributed by atoms with E-state index < -0.39 is 35.5 Å². The van der Waals surface area contributed by atoms with Crippen molar-refractivity contribution in [1.82, 2.24) is 5.32 Å². The van der Waals surface area contributed by atoms with Crippen LogP contribution in [0.3, 0.4) is 0 Å². The molecule has 2 aliphatic rings. The fraction of sp³-hybridized carbons (Fsp3) is 0.387. The van der Waals surface area contributed by atoms with E-state index in [-0.39, 0.29) is 18.8 Å². The molecule has 0 amide bonds. The van der Waals surface area contributed by atoms with Gasteiger partial charge in [-0.1, -0.05) is 18.2 Å². The number of ketones is 1. The van der Waals surface area contributed by atoms with Crippen molar-refractivity contribution in [2.75, 3.05) is 34.5 Å². The molecule has 0 radical (unpaired) electrons. The Morgan fingerprint density at radius 1 is 0.900 bits per heavy atom. The van der Waals surface area contributed by atoms with E-state index in [4.69, 9.17) is 23.7 Å². The van der Waals surface area contributed by atoms with Crippen molar-refractivity contribution in [3.05, 3.63) is 76.1 Å². The lowest BCUT2D eigenvalue weighted by Gasteiger charge is -2.39. The number of allylic oxidation sites excluding steroid dienone is 3. The first-order chi connectivity index (χ1) is 19.3. The quantitative estimate of drug-likeness (QED) is 0.359. The van der Waals surface area contributed by atoms with Crippen molar-refractivity contribution in [2.45, 2.75) is 39.0 Å². The summed E-state index contributed by atoms with van der Waals surface area (Å²) in [6.45, 7) is 5.50. The number of nitrogens with one attached hydrogen (secondary N) is 1. The Kier molecular flexibility index (Phi) is 8.82. The molecule has 0 unspecified atom stereocenters. The van der Waals surface area contributed by atoms with Crippen LogP contribution in [0.5, 0.6) is 17.2 Å². The van der Waals surface area contributed by atoms with Crippen LogP contribution in [0.1, 0.15) is 50.2 Å². The number of methoxy groups -OCH3 is 3. The number of rotatable bonds is 9. The minimum Gasteiger partial charge on any atom is -0.497 e. The van der Waals surface area contributed by atoms with Gasteiger partial charge in [0.2, 0.25) is 0 Å². The fourth-order valence-corrected chi connectivity index (χ4v) is 5.55. The van der Waals surface area contributed by atoms with Crippen LogP contribution in [0.25, 0.3) is 0 Å². The molecule has 0 saturated heterocycles. The zero-order valence-electron chi connectivity index (χ0n) is 23.7. The maximum atomic E-state index is 14.5. The van der Waals surface area contributed by atoms with Gasteiger partial charge < -0.3 is 29.0 Å². The molecule has 0 saturated carbocycles. The van der Waals surface area contributed by atoms with Crippen LogP contribution >= 0.6 is 0 Å². The molecule has 0 aromatic heterocycles. The Bertz CT molecular complexity index is 1360. The number of hydrogen-bond acceptors (Lipinski definition) is 9. The zero-order valence-corrected chi connectivity index (χ0v) is 23.7. The summed E-state index contributed by atoms with van der Waals surface area (Å²) < 4.78 is 27.2. The molecule has 212 valence electrons. The van der Waals surface area contributed by atoms with Gasteiger partial charge in [0.1, 0.15) is 23.2 Å². The lowest BCUT2D eigenvalue weighted by atomic mass is 9.67. The standard InChI is InChI=1S/C31H35NO8/c1-7-39-30(34)25-17(3)32-23-16-22(18-9-11-19(36-4)12-10-18)27(31(35)40-8-2)29(33)28(23)26(25)21-14-13-20(37-5)15-24(21)38-6/h9-15,22,26-27,32H,7-8,16H2,1-6H3/t22-,26+,27-/m1/s1. The number of dihydropyridines is 1. The number of carbonyl (C=O) groups excluding carboxylic acids is 3. The smallest absolute Gasteiger partial charge is 0.336 e. The van der Waals surface area contributed by atoms with Gasteiger partial charge in [-0.2, -0.15) is 0 Å². The van der Waals surface area contributed by atoms with Gasteiger partial charge in [-0.25, -0.2) is 4.79 Å². The van der Waals surface area contributed by atoms with Gasteiger partial charge in [0.15, 0.2) is 5.78 Å². The summed E-state index contributed by atoms with van der Waals surface area (Å²) in [4.78, 5) is 41.2. The van der Waals surface area contributed by atoms with Gasteiger partial charge in [-0.05, 0) is 51.0 Å². The number of hydrogen-bond donors (Lipinski definition) is 1. The summed E-state index contributed by atoms with van der Waals surface area (Å²) in [5.74, 6) is -2.35. The molecule has 0 spiro atoms. The molecule has 2 aromatic rings. The third kappa shape index (κ3) is 5.28. The van der Waals surface area contributed by atoms with E-state index in [2.05, 4.69) is 5.32 Å². The fourth-order valence-electron chi connectivity index (χ4n) is 5.55. The van der Waals surface area contributed by atoms with Crippen molar-refractivity contribution in [1.29, 1.82) is 0 Å². The average Bonchev–Trinajstić information content (AvgIpc) is 2.96. The van der Waals surface area contributed by atoms with Gasteiger partial charge in [0.05, 0.1) is 46.0 Å². The molecule has 3 atom stereocenters. The van der Waals surface area contributed by atoms with Gasteiger partial charge in [0, 0.05) is 34.5 Å². The minimum absolute atomic E-state index is 0.130. The normalized spacial score (nSPS) is 20.4. The second-order valence-electron chi connectivity index (χ2n) is 9.50. The van der Waals surface area contributed by atoms with Gasteiger partial charge in [-0.3, -0.25) is 9.59 Å². The van der Waals surface area contributed by atoms with Gasteiger partial charge in [0.25, 0.3) is 0 Å². The lowest BCUT2D eigenvalue weighted by Crippen LogP contribution is -2.43. The number of esters is 2. The maximum absolute atomic E-state index is 14.5. The minimum atomic E-state index is -1.11. The summed E-state index contributed by atoms with van der Waals surface area (Å²) in [5.41, 5.74) is 3.19. The van der Waals surface area contributed by atoms with Gasteiger partial charge >= 0.3 is 11.9 Å². The molecular formula is C31H35NO8. The second kappa shape index (κ2) is 12.3. The summed E-state index contributed by atoms with van der Waals surface area (Å²) in [7, 11) is 4.63. The highest BCUT2D eigenvalue weighted by Crippen LogP contribution is 2.50. The number of Topliss-reactive ketones (excluding diaryl/α,β-unsaturated/α-hetero) is 1. The number of carbonyl (C=O) groups is 3. The SMILES string of the molecule is CCOC(=O)C1=C(C)NC2=C(C(=O)[C@H](C(=O)OCC)[C@@H](c3ccc(OC)cc3)C2)[C@H]1c1ccc(OC)cc1OC. The summed E-state index contributed by atoms with van der Waals surface area (Å²) in [6, 6.07) is 12.5. The van der Waals surface area contributed by atoms with E-state index in [1.807, 2.05) is 12.1 Å². The molecule has 1 aliphatic carbocycles. The number of benzene rings is 2. The average molecular weight is 550 g/mol. The van der Waals surface area contributed by atoms with Crippen LogP contribution in [0, 0.1) is 5.92 Å². The highest BCUT2D eigenvalue weighted by molar-refractivity contribution is 6.13. The third-order valence-electron chi connectivity index (χ3n) is 7.35. The number of ether oxygens (including phenoxy) is 5.